The number of aliphatic imine (C=N–C) groups is 1. The van der Waals surface area contributed by atoms with Crippen LogP contribution in [0.4, 0.5) is 5.69 Å². The Balaban J connectivity index is 2.15. The first-order valence-electron chi connectivity index (χ1n) is 6.56. The molecular weight excluding hydrogens is 260 g/mol. The summed E-state index contributed by atoms with van der Waals surface area (Å²) < 4.78 is 0. The number of nitrogens with one attached hydrogen (secondary N) is 1. The fraction of sp³-hybridized carbons (Fsp3) is 0. The van der Waals surface area contributed by atoms with Gasteiger partial charge in [-0.05, 0) is 18.9 Å². The van der Waals surface area contributed by atoms with Gasteiger partial charge in [-0.2, -0.15) is 5.10 Å². The Morgan fingerprint density at radius 2 is 1.62 bits per heavy atom. The molecule has 1 aliphatic heterocycles. The van der Waals surface area contributed by atoms with Crippen LogP contribution in [0.1, 0.15) is 5.56 Å². The SMILES string of the molecule is C=N/C(=C1\C(=N)C=NN1c1ccccc1)c1ccccc1. The van der Waals surface area contributed by atoms with Crippen LogP contribution in [0.15, 0.2) is 76.5 Å². The van der Waals surface area contributed by atoms with E-state index in [1.165, 1.54) is 6.21 Å². The summed E-state index contributed by atoms with van der Waals surface area (Å²) in [6.45, 7) is 3.66. The van der Waals surface area contributed by atoms with Crippen LogP contribution in [0.5, 0.6) is 0 Å². The van der Waals surface area contributed by atoms with Gasteiger partial charge in [0, 0.05) is 5.56 Å². The number of nitrogens with zero attached hydrogens (tertiary/aromatic N) is 3. The van der Waals surface area contributed by atoms with Gasteiger partial charge in [-0.1, -0.05) is 48.5 Å². The maximum absolute atomic E-state index is 8.13. The first-order valence-corrected chi connectivity index (χ1v) is 6.56. The van der Waals surface area contributed by atoms with E-state index >= 15 is 0 Å². The minimum atomic E-state index is 0.324. The van der Waals surface area contributed by atoms with Crippen molar-refractivity contribution in [2.75, 3.05) is 5.01 Å². The molecule has 0 aliphatic carbocycles. The topological polar surface area (TPSA) is 51.8 Å². The summed E-state index contributed by atoms with van der Waals surface area (Å²) in [6.07, 6.45) is 1.52. The zero-order valence-corrected chi connectivity index (χ0v) is 11.4. The number of hydrogen-bond acceptors (Lipinski definition) is 4. The molecule has 0 radical (unpaired) electrons. The average Bonchev–Trinajstić information content (AvgIpc) is 2.92. The Labute approximate surface area is 123 Å². The molecule has 21 heavy (non-hydrogen) atoms. The summed E-state index contributed by atoms with van der Waals surface area (Å²) in [7, 11) is 0. The fourth-order valence-electron chi connectivity index (χ4n) is 2.24. The minimum Gasteiger partial charge on any atom is -0.297 e. The van der Waals surface area contributed by atoms with Gasteiger partial charge in [0.15, 0.2) is 0 Å². The monoisotopic (exact) mass is 274 g/mol. The number of allylic oxidation sites excluding steroid dienone is 1. The van der Waals surface area contributed by atoms with Crippen LogP contribution in [0.3, 0.4) is 0 Å². The highest BCUT2D eigenvalue weighted by Crippen LogP contribution is 2.30. The van der Waals surface area contributed by atoms with Crippen LogP contribution < -0.4 is 5.01 Å². The summed E-state index contributed by atoms with van der Waals surface area (Å²) in [6, 6.07) is 19.4. The second-order valence-electron chi connectivity index (χ2n) is 4.53. The lowest BCUT2D eigenvalue weighted by Gasteiger charge is -2.18. The summed E-state index contributed by atoms with van der Waals surface area (Å²) in [5, 5.41) is 14.2. The highest BCUT2D eigenvalue weighted by atomic mass is 15.5. The second-order valence-corrected chi connectivity index (χ2v) is 4.53. The van der Waals surface area contributed by atoms with E-state index in [9.17, 15) is 0 Å². The molecule has 0 bridgehead atoms. The third kappa shape index (κ3) is 2.39. The number of hydrogen-bond donors (Lipinski definition) is 1. The molecule has 0 aromatic heterocycles. The lowest BCUT2D eigenvalue weighted by atomic mass is 10.1. The highest BCUT2D eigenvalue weighted by molar-refractivity contribution is 6.41. The quantitative estimate of drug-likeness (QED) is 0.854. The van der Waals surface area contributed by atoms with Gasteiger partial charge in [0.25, 0.3) is 0 Å². The van der Waals surface area contributed by atoms with E-state index in [4.69, 9.17) is 5.41 Å². The number of hydrazone groups is 1. The van der Waals surface area contributed by atoms with Crippen LogP contribution in [0.25, 0.3) is 5.70 Å². The summed E-state index contributed by atoms with van der Waals surface area (Å²) >= 11 is 0. The predicted molar refractivity (Wildman–Crippen MR) is 88.1 cm³/mol. The minimum absolute atomic E-state index is 0.324. The smallest absolute Gasteiger partial charge is 0.118 e. The van der Waals surface area contributed by atoms with E-state index in [2.05, 4.69) is 16.8 Å². The van der Waals surface area contributed by atoms with Gasteiger partial charge in [-0.15, -0.1) is 0 Å². The molecule has 0 amide bonds. The van der Waals surface area contributed by atoms with Gasteiger partial charge in [0.1, 0.15) is 11.4 Å². The van der Waals surface area contributed by atoms with E-state index in [0.29, 0.717) is 17.1 Å². The van der Waals surface area contributed by atoms with Crippen molar-refractivity contribution in [3.8, 4) is 0 Å². The number of benzene rings is 2. The van der Waals surface area contributed by atoms with Gasteiger partial charge in [-0.25, -0.2) is 5.01 Å². The molecule has 1 N–H and O–H groups in total. The molecule has 4 nitrogen and oxygen atoms in total. The van der Waals surface area contributed by atoms with Crippen LogP contribution in [0, 0.1) is 5.41 Å². The molecule has 0 spiro atoms. The molecule has 1 heterocycles. The molecule has 4 heteroatoms. The zero-order chi connectivity index (χ0) is 14.7. The molecule has 0 saturated heterocycles. The van der Waals surface area contributed by atoms with Gasteiger partial charge in [0.2, 0.25) is 0 Å². The van der Waals surface area contributed by atoms with Gasteiger partial charge in [-0.3, -0.25) is 10.4 Å². The van der Waals surface area contributed by atoms with Crippen LogP contribution >= 0.6 is 0 Å². The van der Waals surface area contributed by atoms with E-state index in [1.807, 2.05) is 60.7 Å². The summed E-state index contributed by atoms with van der Waals surface area (Å²) in [5.74, 6) is 0. The average molecular weight is 274 g/mol. The molecule has 0 saturated carbocycles. The fourth-order valence-corrected chi connectivity index (χ4v) is 2.24. The summed E-state index contributed by atoms with van der Waals surface area (Å²) in [4.78, 5) is 4.13. The van der Waals surface area contributed by atoms with Crippen molar-refractivity contribution < 1.29 is 0 Å². The molecule has 3 rings (SSSR count). The third-order valence-electron chi connectivity index (χ3n) is 3.20. The number of anilines is 1. The molecular formula is C17H14N4. The third-order valence-corrected chi connectivity index (χ3v) is 3.20. The van der Waals surface area contributed by atoms with Gasteiger partial charge < -0.3 is 0 Å². The van der Waals surface area contributed by atoms with Crippen molar-refractivity contribution in [1.29, 1.82) is 5.41 Å². The maximum atomic E-state index is 8.13. The standard InChI is InChI=1S/C17H14N4/c1-19-16(13-8-4-2-5-9-13)17-15(18)12-20-21(17)14-10-6-3-7-11-14/h2-12,18H,1H2/b17-16+,18-15?. The maximum Gasteiger partial charge on any atom is 0.118 e. The number of rotatable bonds is 3. The summed E-state index contributed by atoms with van der Waals surface area (Å²) in [5.41, 5.74) is 3.43. The first kappa shape index (κ1) is 13.0. The van der Waals surface area contributed by atoms with Crippen LogP contribution in [-0.2, 0) is 0 Å². The molecule has 0 atom stereocenters. The van der Waals surface area contributed by atoms with E-state index in [-0.39, 0.29) is 0 Å². The Hall–Kier alpha value is -3.01. The van der Waals surface area contributed by atoms with Crippen molar-refractivity contribution in [3.63, 3.8) is 0 Å². The van der Waals surface area contributed by atoms with E-state index < -0.39 is 0 Å². The molecule has 102 valence electrons. The van der Waals surface area contributed by atoms with Gasteiger partial charge in [0.05, 0.1) is 17.6 Å². The molecule has 2 aromatic rings. The van der Waals surface area contributed by atoms with Crippen LogP contribution in [0.2, 0.25) is 0 Å². The first-order chi connectivity index (χ1) is 10.3. The van der Waals surface area contributed by atoms with E-state index in [0.717, 1.165) is 11.3 Å². The Bertz CT molecular complexity index is 730. The lowest BCUT2D eigenvalue weighted by Crippen LogP contribution is -2.16. The molecule has 1 aliphatic rings. The van der Waals surface area contributed by atoms with E-state index in [1.54, 1.807) is 5.01 Å². The molecule has 0 unspecified atom stereocenters. The zero-order valence-electron chi connectivity index (χ0n) is 11.4. The molecule has 2 aromatic carbocycles. The predicted octanol–water partition coefficient (Wildman–Crippen LogP) is 3.58. The number of para-hydroxylation sites is 1. The Morgan fingerprint density at radius 3 is 2.24 bits per heavy atom. The lowest BCUT2D eigenvalue weighted by molar-refractivity contribution is 1.07. The second kappa shape index (κ2) is 5.54. The van der Waals surface area contributed by atoms with Crippen LogP contribution in [-0.4, -0.2) is 18.6 Å². The Kier molecular flexibility index (Phi) is 3.43. The highest BCUT2D eigenvalue weighted by Gasteiger charge is 2.24. The van der Waals surface area contributed by atoms with Gasteiger partial charge >= 0.3 is 0 Å². The van der Waals surface area contributed by atoms with Crippen molar-refractivity contribution in [2.24, 2.45) is 10.1 Å². The molecule has 0 fully saturated rings. The Morgan fingerprint density at radius 1 is 1.00 bits per heavy atom. The van der Waals surface area contributed by atoms with Crippen molar-refractivity contribution >= 4 is 30.0 Å². The van der Waals surface area contributed by atoms with Crippen molar-refractivity contribution in [2.45, 2.75) is 0 Å². The largest absolute Gasteiger partial charge is 0.297 e. The normalized spacial score (nSPS) is 16.2. The van der Waals surface area contributed by atoms with Crippen molar-refractivity contribution in [1.82, 2.24) is 0 Å². The van der Waals surface area contributed by atoms with Crippen molar-refractivity contribution in [3.05, 3.63) is 71.9 Å².